The average molecular weight is 504 g/mol. The Kier molecular flexibility index (Phi) is 6.73. The number of rotatable bonds is 7. The van der Waals surface area contributed by atoms with E-state index in [-0.39, 0.29) is 17.5 Å². The summed E-state index contributed by atoms with van der Waals surface area (Å²) < 4.78 is 95.4. The number of hydrogen-bond donors (Lipinski definition) is 0. The van der Waals surface area contributed by atoms with Gasteiger partial charge in [0.1, 0.15) is 5.82 Å². The number of alkyl halides is 4. The van der Waals surface area contributed by atoms with Crippen molar-refractivity contribution < 1.29 is 35.9 Å². The fraction of sp³-hybridized carbons (Fsp3) is 0.250. The molecule has 0 radical (unpaired) electrons. The molecule has 0 saturated carbocycles. The predicted molar refractivity (Wildman–Crippen MR) is 123 cm³/mol. The molecule has 3 aromatic rings. The van der Waals surface area contributed by atoms with E-state index >= 15 is 22.0 Å². The summed E-state index contributed by atoms with van der Waals surface area (Å²) in [7, 11) is 0. The van der Waals surface area contributed by atoms with E-state index in [2.05, 4.69) is 6.58 Å². The zero-order chi connectivity index (χ0) is 26.3. The third-order valence-electron chi connectivity index (χ3n) is 6.19. The maximum atomic E-state index is 15.3. The van der Waals surface area contributed by atoms with E-state index in [1.54, 1.807) is 25.1 Å². The zero-order valence-corrected chi connectivity index (χ0v) is 19.3. The van der Waals surface area contributed by atoms with Gasteiger partial charge in [-0.3, -0.25) is 0 Å². The first kappa shape index (κ1) is 25.5. The fourth-order valence-electron chi connectivity index (χ4n) is 4.33. The van der Waals surface area contributed by atoms with Crippen LogP contribution in [0, 0.1) is 11.6 Å². The van der Waals surface area contributed by atoms with Crippen LogP contribution in [-0.4, -0.2) is 5.97 Å². The lowest BCUT2D eigenvalue weighted by molar-refractivity contribution is -0.227. The van der Waals surface area contributed by atoms with Crippen molar-refractivity contribution in [3.8, 4) is 16.9 Å². The SMILES string of the molecule is C=CCCc1ccc(C(=O)Oc2ccc3c(c2F)C(F)(F)C(F)(F)c2c-3ccc(CCC)c2F)cc1. The van der Waals surface area contributed by atoms with Gasteiger partial charge < -0.3 is 4.74 Å². The summed E-state index contributed by atoms with van der Waals surface area (Å²) in [4.78, 5) is 12.5. The Labute approximate surface area is 204 Å². The normalized spacial score (nSPS) is 15.1. The molecule has 1 aliphatic rings. The molecular weight excluding hydrogens is 482 g/mol. The van der Waals surface area contributed by atoms with Gasteiger partial charge in [0.15, 0.2) is 11.6 Å². The van der Waals surface area contributed by atoms with E-state index in [1.807, 2.05) is 0 Å². The number of esters is 1. The molecule has 0 amide bonds. The summed E-state index contributed by atoms with van der Waals surface area (Å²) in [6, 6.07) is 10.3. The number of carbonyl (C=O) groups excluding carboxylic acids is 1. The highest BCUT2D eigenvalue weighted by Gasteiger charge is 2.65. The van der Waals surface area contributed by atoms with Crippen molar-refractivity contribution in [2.45, 2.75) is 44.5 Å². The minimum absolute atomic E-state index is 0.0161. The largest absolute Gasteiger partial charge is 0.420 e. The maximum absolute atomic E-state index is 15.3. The number of hydrogen-bond acceptors (Lipinski definition) is 2. The first-order chi connectivity index (χ1) is 17.0. The second-order valence-electron chi connectivity index (χ2n) is 8.57. The second-order valence-corrected chi connectivity index (χ2v) is 8.57. The smallest absolute Gasteiger partial charge is 0.343 e. The van der Waals surface area contributed by atoms with E-state index in [4.69, 9.17) is 4.74 Å². The van der Waals surface area contributed by atoms with Crippen LogP contribution in [0.15, 0.2) is 61.2 Å². The van der Waals surface area contributed by atoms with Crippen molar-refractivity contribution in [1.82, 2.24) is 0 Å². The topological polar surface area (TPSA) is 26.3 Å². The van der Waals surface area contributed by atoms with Crippen LogP contribution in [0.25, 0.3) is 11.1 Å². The molecule has 0 aromatic heterocycles. The number of halogens is 6. The van der Waals surface area contributed by atoms with Crippen LogP contribution in [0.1, 0.15) is 52.4 Å². The van der Waals surface area contributed by atoms with Crippen molar-refractivity contribution in [1.29, 1.82) is 0 Å². The molecule has 0 unspecified atom stereocenters. The van der Waals surface area contributed by atoms with E-state index in [0.29, 0.717) is 12.8 Å². The zero-order valence-electron chi connectivity index (χ0n) is 19.3. The second kappa shape index (κ2) is 9.48. The molecule has 0 bridgehead atoms. The van der Waals surface area contributed by atoms with E-state index in [1.165, 1.54) is 18.2 Å². The van der Waals surface area contributed by atoms with Gasteiger partial charge in [-0.2, -0.15) is 17.6 Å². The van der Waals surface area contributed by atoms with Crippen LogP contribution in [0.5, 0.6) is 5.75 Å². The molecule has 0 aliphatic heterocycles. The maximum Gasteiger partial charge on any atom is 0.343 e. The molecule has 3 aromatic carbocycles. The molecule has 1 aliphatic carbocycles. The number of ether oxygens (including phenoxy) is 1. The molecule has 0 saturated heterocycles. The Hall–Kier alpha value is -3.55. The third kappa shape index (κ3) is 4.08. The number of aryl methyl sites for hydroxylation is 2. The van der Waals surface area contributed by atoms with Crippen molar-refractivity contribution in [3.63, 3.8) is 0 Å². The summed E-state index contributed by atoms with van der Waals surface area (Å²) in [6.45, 7) is 5.32. The van der Waals surface area contributed by atoms with Gasteiger partial charge in [-0.25, -0.2) is 13.6 Å². The molecule has 0 fully saturated rings. The molecule has 2 nitrogen and oxygen atoms in total. The highest BCUT2D eigenvalue weighted by molar-refractivity contribution is 5.91. The minimum atomic E-state index is -5.10. The van der Waals surface area contributed by atoms with Crippen LogP contribution in [-0.2, 0) is 24.7 Å². The van der Waals surface area contributed by atoms with Gasteiger partial charge in [-0.05, 0) is 65.8 Å². The van der Waals surface area contributed by atoms with Gasteiger partial charge in [-0.15, -0.1) is 6.58 Å². The Morgan fingerprint density at radius 3 is 2.03 bits per heavy atom. The summed E-state index contributed by atoms with van der Waals surface area (Å²) in [5, 5.41) is 0. The Morgan fingerprint density at radius 1 is 0.861 bits per heavy atom. The van der Waals surface area contributed by atoms with Crippen molar-refractivity contribution >= 4 is 5.97 Å². The lowest BCUT2D eigenvalue weighted by Crippen LogP contribution is -2.41. The highest BCUT2D eigenvalue weighted by atomic mass is 19.3. The summed E-state index contributed by atoms with van der Waals surface area (Å²) in [6.07, 6.45) is 3.62. The standard InChI is InChI=1S/C28H22F6O2/c1-3-5-7-16-8-10-18(11-9-16)26(35)36-21-15-14-20-19-13-12-17(6-4-2)24(29)22(19)27(31,32)28(33,34)23(20)25(21)30/h3,8-15H,1,4-7H2,2H3. The van der Waals surface area contributed by atoms with E-state index < -0.39 is 57.5 Å². The van der Waals surface area contributed by atoms with Gasteiger partial charge in [0.25, 0.3) is 0 Å². The molecule has 4 rings (SSSR count). The van der Waals surface area contributed by atoms with Crippen molar-refractivity contribution in [3.05, 3.63) is 101 Å². The van der Waals surface area contributed by atoms with Gasteiger partial charge in [0, 0.05) is 0 Å². The molecule has 8 heteroatoms. The summed E-state index contributed by atoms with van der Waals surface area (Å²) in [5.74, 6) is -15.4. The summed E-state index contributed by atoms with van der Waals surface area (Å²) in [5.41, 5.74) is -3.45. The molecule has 0 atom stereocenters. The lowest BCUT2D eigenvalue weighted by atomic mass is 9.79. The minimum Gasteiger partial charge on any atom is -0.420 e. The number of carbonyl (C=O) groups is 1. The Morgan fingerprint density at radius 2 is 1.44 bits per heavy atom. The third-order valence-corrected chi connectivity index (χ3v) is 6.19. The fourth-order valence-corrected chi connectivity index (χ4v) is 4.33. The van der Waals surface area contributed by atoms with Gasteiger partial charge in [0.2, 0.25) is 0 Å². The van der Waals surface area contributed by atoms with Gasteiger partial charge >= 0.3 is 17.8 Å². The molecule has 36 heavy (non-hydrogen) atoms. The van der Waals surface area contributed by atoms with Crippen LogP contribution in [0.4, 0.5) is 26.3 Å². The lowest BCUT2D eigenvalue weighted by Gasteiger charge is -2.35. The molecule has 0 N–H and O–H groups in total. The van der Waals surface area contributed by atoms with Gasteiger partial charge in [-0.1, -0.05) is 43.7 Å². The van der Waals surface area contributed by atoms with Crippen LogP contribution < -0.4 is 4.74 Å². The Bertz CT molecular complexity index is 1330. The first-order valence-corrected chi connectivity index (χ1v) is 11.4. The Balaban J connectivity index is 1.75. The van der Waals surface area contributed by atoms with Gasteiger partial charge in [0.05, 0.1) is 16.7 Å². The number of allylic oxidation sites excluding steroid dienone is 1. The number of benzene rings is 3. The van der Waals surface area contributed by atoms with Crippen molar-refractivity contribution in [2.24, 2.45) is 0 Å². The van der Waals surface area contributed by atoms with E-state index in [9.17, 15) is 9.18 Å². The predicted octanol–water partition coefficient (Wildman–Crippen LogP) is 8.12. The average Bonchev–Trinajstić information content (AvgIpc) is 2.84. The summed E-state index contributed by atoms with van der Waals surface area (Å²) >= 11 is 0. The molecule has 188 valence electrons. The highest BCUT2D eigenvalue weighted by Crippen LogP contribution is 2.60. The van der Waals surface area contributed by atoms with Crippen LogP contribution >= 0.6 is 0 Å². The molecular formula is C28H22F6O2. The number of fused-ring (bicyclic) bond motifs is 3. The van der Waals surface area contributed by atoms with Crippen LogP contribution in [0.2, 0.25) is 0 Å². The van der Waals surface area contributed by atoms with E-state index in [0.717, 1.165) is 30.2 Å². The monoisotopic (exact) mass is 504 g/mol. The first-order valence-electron chi connectivity index (χ1n) is 11.4. The van der Waals surface area contributed by atoms with Crippen LogP contribution in [0.3, 0.4) is 0 Å². The molecule has 0 heterocycles. The van der Waals surface area contributed by atoms with Crippen molar-refractivity contribution in [2.75, 3.05) is 0 Å². The molecule has 0 spiro atoms. The quantitative estimate of drug-likeness (QED) is 0.141.